The highest BCUT2D eigenvalue weighted by Crippen LogP contribution is 2.25. The molecule has 12 nitrogen and oxygen atoms in total. The van der Waals surface area contributed by atoms with Crippen LogP contribution in [0.2, 0.25) is 0 Å². The van der Waals surface area contributed by atoms with Gasteiger partial charge in [-0.3, -0.25) is 19.2 Å². The summed E-state index contributed by atoms with van der Waals surface area (Å²) in [6.45, 7) is 0.532. The van der Waals surface area contributed by atoms with Crippen molar-refractivity contribution in [3.63, 3.8) is 0 Å². The molecule has 1 atom stereocenters. The third-order valence-corrected chi connectivity index (χ3v) is 6.62. The van der Waals surface area contributed by atoms with Gasteiger partial charge in [-0.2, -0.15) is 0 Å². The van der Waals surface area contributed by atoms with Crippen LogP contribution in [0.1, 0.15) is 57.5 Å². The van der Waals surface area contributed by atoms with E-state index in [1.54, 1.807) is 4.90 Å². The number of aliphatic carboxylic acids is 1. The molecule has 1 fully saturated rings. The SMILES string of the molecule is NC(=O)c1cc(F)c2c(c1)B(O)OC2.NC=O.O=C(O)CCC1CCCN1C(=O)c1cc(F)c2c(c1)B(O)OC2. The van der Waals surface area contributed by atoms with E-state index in [-0.39, 0.29) is 71.2 Å². The van der Waals surface area contributed by atoms with E-state index in [9.17, 15) is 33.2 Å². The lowest BCUT2D eigenvalue weighted by atomic mass is 9.78. The topological polar surface area (TPSA) is 203 Å². The number of hydrogen-bond donors (Lipinski definition) is 5. The molecule has 0 saturated carbocycles. The van der Waals surface area contributed by atoms with E-state index >= 15 is 0 Å². The number of fused-ring (bicyclic) bond motifs is 2. The Labute approximate surface area is 228 Å². The minimum absolute atomic E-state index is 0.000447. The Hall–Kier alpha value is -3.85. The predicted octanol–water partition coefficient (Wildman–Crippen LogP) is -1.24. The summed E-state index contributed by atoms with van der Waals surface area (Å²) in [6.07, 6.45) is 2.19. The fourth-order valence-electron chi connectivity index (χ4n) is 4.69. The molecule has 7 N–H and O–H groups in total. The highest BCUT2D eigenvalue weighted by Gasteiger charge is 2.34. The van der Waals surface area contributed by atoms with E-state index in [1.165, 1.54) is 12.1 Å². The Balaban J connectivity index is 0.000000221. The number of carboxylic acids is 1. The molecule has 5 rings (SSSR count). The Morgan fingerprint density at radius 3 is 2.00 bits per heavy atom. The van der Waals surface area contributed by atoms with Gasteiger partial charge in [0.25, 0.3) is 5.91 Å². The van der Waals surface area contributed by atoms with Crippen LogP contribution < -0.4 is 22.4 Å². The van der Waals surface area contributed by atoms with Gasteiger partial charge in [0.1, 0.15) is 11.6 Å². The maximum Gasteiger partial charge on any atom is 0.491 e. The number of carbonyl (C=O) groups is 4. The fraction of sp³-hybridized carbons (Fsp3) is 0.333. The molecule has 1 saturated heterocycles. The molecule has 0 aliphatic carbocycles. The number of amides is 3. The van der Waals surface area contributed by atoms with Gasteiger partial charge in [-0.1, -0.05) is 0 Å². The second-order valence-corrected chi connectivity index (χ2v) is 9.11. The van der Waals surface area contributed by atoms with Gasteiger partial charge in [-0.05, 0) is 54.5 Å². The number of carboxylic acid groups (broad SMARTS) is 1. The van der Waals surface area contributed by atoms with Crippen molar-refractivity contribution in [1.29, 1.82) is 0 Å². The second-order valence-electron chi connectivity index (χ2n) is 9.11. The molecule has 212 valence electrons. The summed E-state index contributed by atoms with van der Waals surface area (Å²) in [4.78, 5) is 44.3. The van der Waals surface area contributed by atoms with Crippen LogP contribution in [-0.2, 0) is 32.1 Å². The highest BCUT2D eigenvalue weighted by molar-refractivity contribution is 6.62. The number of likely N-dealkylation sites (tertiary alicyclic amines) is 1. The van der Waals surface area contributed by atoms with Crippen LogP contribution in [0.15, 0.2) is 24.3 Å². The average molecular weight is 561 g/mol. The number of nitrogens with zero attached hydrogens (tertiary/aromatic N) is 1. The zero-order valence-electron chi connectivity index (χ0n) is 21.2. The molecule has 0 spiro atoms. The van der Waals surface area contributed by atoms with Crippen LogP contribution in [-0.4, -0.2) is 71.1 Å². The summed E-state index contributed by atoms with van der Waals surface area (Å²) < 4.78 is 37.1. The highest BCUT2D eigenvalue weighted by atomic mass is 19.1. The first-order valence-corrected chi connectivity index (χ1v) is 12.2. The molecule has 3 amide bonds. The summed E-state index contributed by atoms with van der Waals surface area (Å²) in [5, 5.41) is 27.8. The molecule has 40 heavy (non-hydrogen) atoms. The molecule has 3 aliphatic heterocycles. The Kier molecular flexibility index (Phi) is 10.3. The van der Waals surface area contributed by atoms with Crippen molar-refractivity contribution in [3.05, 3.63) is 58.2 Å². The van der Waals surface area contributed by atoms with E-state index in [2.05, 4.69) is 5.73 Å². The van der Waals surface area contributed by atoms with Crippen molar-refractivity contribution >= 4 is 49.4 Å². The van der Waals surface area contributed by atoms with E-state index < -0.39 is 37.7 Å². The van der Waals surface area contributed by atoms with E-state index in [0.29, 0.717) is 13.0 Å². The van der Waals surface area contributed by atoms with Gasteiger partial charge in [0.2, 0.25) is 12.3 Å². The van der Waals surface area contributed by atoms with Crippen LogP contribution >= 0.6 is 0 Å². The number of hydrogen-bond acceptors (Lipinski definition) is 8. The van der Waals surface area contributed by atoms with Gasteiger partial charge in [-0.25, -0.2) is 8.78 Å². The molecule has 0 radical (unpaired) electrons. The molecular formula is C24H27B2F2N3O9. The summed E-state index contributed by atoms with van der Waals surface area (Å²) >= 11 is 0. The van der Waals surface area contributed by atoms with Crippen molar-refractivity contribution in [2.45, 2.75) is 44.9 Å². The zero-order chi connectivity index (χ0) is 29.6. The quantitative estimate of drug-likeness (QED) is 0.219. The molecule has 0 bridgehead atoms. The number of rotatable bonds is 5. The van der Waals surface area contributed by atoms with Gasteiger partial charge >= 0.3 is 20.2 Å². The molecule has 2 aromatic carbocycles. The molecule has 2 aromatic rings. The minimum atomic E-state index is -1.21. The number of halogens is 2. The van der Waals surface area contributed by atoms with Crippen LogP contribution in [0.25, 0.3) is 0 Å². The molecule has 0 aromatic heterocycles. The maximum absolute atomic E-state index is 14.1. The zero-order valence-corrected chi connectivity index (χ0v) is 21.2. The van der Waals surface area contributed by atoms with Gasteiger partial charge in [0.05, 0.1) is 13.2 Å². The molecule has 16 heteroatoms. The van der Waals surface area contributed by atoms with Crippen molar-refractivity contribution < 1.29 is 52.4 Å². The molecular weight excluding hydrogens is 534 g/mol. The van der Waals surface area contributed by atoms with Crippen LogP contribution in [0.3, 0.4) is 0 Å². The van der Waals surface area contributed by atoms with Crippen molar-refractivity contribution in [3.8, 4) is 0 Å². The predicted molar refractivity (Wildman–Crippen MR) is 137 cm³/mol. The Morgan fingerprint density at radius 1 is 1.00 bits per heavy atom. The lowest BCUT2D eigenvalue weighted by Gasteiger charge is -2.24. The van der Waals surface area contributed by atoms with Gasteiger partial charge in [-0.15, -0.1) is 0 Å². The van der Waals surface area contributed by atoms with Gasteiger partial charge < -0.3 is 40.8 Å². The van der Waals surface area contributed by atoms with Gasteiger partial charge in [0.15, 0.2) is 0 Å². The van der Waals surface area contributed by atoms with E-state index in [1.807, 2.05) is 0 Å². The molecule has 3 heterocycles. The number of primary amides is 2. The number of nitrogens with two attached hydrogens (primary N) is 2. The van der Waals surface area contributed by atoms with Crippen LogP contribution in [0, 0.1) is 11.6 Å². The summed E-state index contributed by atoms with van der Waals surface area (Å²) in [7, 11) is -2.38. The summed E-state index contributed by atoms with van der Waals surface area (Å²) in [6, 6.07) is 4.87. The number of benzene rings is 2. The van der Waals surface area contributed by atoms with E-state index in [4.69, 9.17) is 24.9 Å². The monoisotopic (exact) mass is 561 g/mol. The Morgan fingerprint density at radius 2 is 1.50 bits per heavy atom. The first-order chi connectivity index (χ1) is 19.0. The second kappa shape index (κ2) is 13.5. The van der Waals surface area contributed by atoms with Crippen molar-refractivity contribution in [2.24, 2.45) is 11.5 Å². The maximum atomic E-state index is 14.1. The summed E-state index contributed by atoms with van der Waals surface area (Å²) in [5.74, 6) is -3.10. The lowest BCUT2D eigenvalue weighted by Crippen LogP contribution is -2.37. The van der Waals surface area contributed by atoms with Crippen LogP contribution in [0.5, 0.6) is 0 Å². The average Bonchev–Trinajstić information content (AvgIpc) is 3.63. The van der Waals surface area contributed by atoms with Crippen molar-refractivity contribution in [1.82, 2.24) is 4.90 Å². The third kappa shape index (κ3) is 7.01. The molecule has 3 aliphatic rings. The largest absolute Gasteiger partial charge is 0.491 e. The minimum Gasteiger partial charge on any atom is -0.481 e. The number of carbonyl (C=O) groups excluding carboxylic acids is 3. The van der Waals surface area contributed by atoms with Crippen LogP contribution in [0.4, 0.5) is 8.78 Å². The Bertz CT molecular complexity index is 1300. The lowest BCUT2D eigenvalue weighted by molar-refractivity contribution is -0.137. The normalized spacial score (nSPS) is 16.8. The molecule has 1 unspecified atom stereocenters. The summed E-state index contributed by atoms with van der Waals surface area (Å²) in [5.41, 5.74) is 10.5. The fourth-order valence-corrected chi connectivity index (χ4v) is 4.69. The first kappa shape index (κ1) is 30.7. The van der Waals surface area contributed by atoms with Crippen molar-refractivity contribution in [2.75, 3.05) is 6.54 Å². The van der Waals surface area contributed by atoms with E-state index in [0.717, 1.165) is 25.0 Å². The first-order valence-electron chi connectivity index (χ1n) is 12.2. The third-order valence-electron chi connectivity index (χ3n) is 6.62. The standard InChI is InChI=1S/C15H17BFNO5.C8H7BFNO3.CH3NO/c17-13-7-9(6-12-11(13)8-23-16(12)22)15(21)18-5-1-2-10(18)3-4-14(19)20;10-7-2-4(8(11)12)1-6-5(7)3-14-9(6)13;2-1-3/h6-7,10,22H,1-5,8H2,(H,19,20);1-2,13H,3H2,(H2,11,12);1H,(H2,2,3). The van der Waals surface area contributed by atoms with Gasteiger partial charge in [0, 0.05) is 41.3 Å². The smallest absolute Gasteiger partial charge is 0.481 e.